The molecular formula is C35H37N7O2. The molecule has 1 fully saturated rings. The summed E-state index contributed by atoms with van der Waals surface area (Å²) >= 11 is 0. The van der Waals surface area contributed by atoms with E-state index in [0.717, 1.165) is 96.9 Å². The number of hydrogen-bond acceptors (Lipinski definition) is 6. The molecule has 1 amide bonds. The minimum absolute atomic E-state index is 0.131. The highest BCUT2D eigenvalue weighted by Gasteiger charge is 2.22. The van der Waals surface area contributed by atoms with Gasteiger partial charge in [-0.15, -0.1) is 0 Å². The number of morpholine rings is 1. The minimum atomic E-state index is -0.220. The van der Waals surface area contributed by atoms with Gasteiger partial charge in [0.05, 0.1) is 42.5 Å². The van der Waals surface area contributed by atoms with Crippen molar-refractivity contribution in [1.82, 2.24) is 35.4 Å². The summed E-state index contributed by atoms with van der Waals surface area (Å²) in [5.41, 5.74) is 8.99. The third-order valence-electron chi connectivity index (χ3n) is 8.76. The fraction of sp³-hybridized carbons (Fsp3) is 0.371. The lowest BCUT2D eigenvalue weighted by molar-refractivity contribution is 0.0443. The van der Waals surface area contributed by atoms with Crippen LogP contribution in [0.3, 0.4) is 0 Å². The molecule has 4 heterocycles. The van der Waals surface area contributed by atoms with Gasteiger partial charge in [0.25, 0.3) is 5.91 Å². The molecule has 1 aliphatic carbocycles. The van der Waals surface area contributed by atoms with Crippen molar-refractivity contribution in [2.45, 2.75) is 52.0 Å². The Kier molecular flexibility index (Phi) is 7.86. The van der Waals surface area contributed by atoms with Crippen LogP contribution >= 0.6 is 0 Å². The predicted octanol–water partition coefficient (Wildman–Crippen LogP) is 5.25. The van der Waals surface area contributed by atoms with E-state index in [-0.39, 0.29) is 11.9 Å². The molecule has 2 aliphatic rings. The number of rotatable bonds is 5. The number of aromatic nitrogens is 5. The molecule has 0 saturated carbocycles. The van der Waals surface area contributed by atoms with Crippen molar-refractivity contribution in [3.63, 3.8) is 0 Å². The van der Waals surface area contributed by atoms with Crippen LogP contribution in [-0.4, -0.2) is 68.8 Å². The molecule has 0 radical (unpaired) electrons. The zero-order valence-corrected chi connectivity index (χ0v) is 25.3. The van der Waals surface area contributed by atoms with Crippen molar-refractivity contribution in [3.8, 4) is 23.1 Å². The predicted molar refractivity (Wildman–Crippen MR) is 171 cm³/mol. The molecule has 0 spiro atoms. The minimum Gasteiger partial charge on any atom is -0.379 e. The van der Waals surface area contributed by atoms with Gasteiger partial charge in [-0.05, 0) is 80.8 Å². The fourth-order valence-electron chi connectivity index (χ4n) is 6.41. The Morgan fingerprint density at radius 1 is 1.02 bits per heavy atom. The van der Waals surface area contributed by atoms with E-state index in [9.17, 15) is 4.79 Å². The average Bonchev–Trinajstić information content (AvgIpc) is 3.59. The summed E-state index contributed by atoms with van der Waals surface area (Å²) in [4.78, 5) is 28.2. The van der Waals surface area contributed by atoms with E-state index in [0.29, 0.717) is 12.1 Å². The van der Waals surface area contributed by atoms with Gasteiger partial charge >= 0.3 is 0 Å². The fourth-order valence-corrected chi connectivity index (χ4v) is 6.41. The van der Waals surface area contributed by atoms with Crippen LogP contribution in [0.1, 0.15) is 70.9 Å². The number of benzene rings is 2. The molecule has 2 aromatic carbocycles. The van der Waals surface area contributed by atoms with E-state index >= 15 is 0 Å². The van der Waals surface area contributed by atoms with Gasteiger partial charge in [-0.2, -0.15) is 5.10 Å². The largest absolute Gasteiger partial charge is 0.379 e. The summed E-state index contributed by atoms with van der Waals surface area (Å²) in [6.07, 6.45) is 7.20. The third kappa shape index (κ3) is 5.59. The van der Waals surface area contributed by atoms with Crippen LogP contribution in [0.2, 0.25) is 0 Å². The number of pyridine rings is 1. The topological polar surface area (TPSA) is 112 Å². The maximum Gasteiger partial charge on any atom is 0.251 e. The zero-order valence-electron chi connectivity index (χ0n) is 25.3. The third-order valence-corrected chi connectivity index (χ3v) is 8.76. The van der Waals surface area contributed by atoms with Crippen molar-refractivity contribution < 1.29 is 9.53 Å². The maximum absolute atomic E-state index is 13.0. The molecule has 7 rings (SSSR count). The summed E-state index contributed by atoms with van der Waals surface area (Å²) in [6, 6.07) is 11.7. The molecule has 44 heavy (non-hydrogen) atoms. The number of ether oxygens (including phenoxy) is 1. The van der Waals surface area contributed by atoms with Crippen LogP contribution in [0.25, 0.3) is 33.1 Å². The number of fused-ring (bicyclic) bond motifs is 5. The molecule has 224 valence electrons. The molecule has 9 heteroatoms. The summed E-state index contributed by atoms with van der Waals surface area (Å²) in [5.74, 6) is 7.38. The van der Waals surface area contributed by atoms with Crippen LogP contribution in [0.15, 0.2) is 42.6 Å². The summed E-state index contributed by atoms with van der Waals surface area (Å²) in [7, 11) is 0. The number of H-pyrrole nitrogens is 2. The van der Waals surface area contributed by atoms with Crippen molar-refractivity contribution in [2.24, 2.45) is 0 Å². The number of imidazole rings is 1. The number of nitrogens with one attached hydrogen (secondary N) is 3. The Morgan fingerprint density at radius 2 is 1.80 bits per heavy atom. The van der Waals surface area contributed by atoms with Crippen LogP contribution < -0.4 is 5.32 Å². The first-order chi connectivity index (χ1) is 21.5. The van der Waals surface area contributed by atoms with E-state index < -0.39 is 0 Å². The van der Waals surface area contributed by atoms with Crippen molar-refractivity contribution >= 4 is 27.7 Å². The maximum atomic E-state index is 13.0. The number of carbonyl (C=O) groups excluding carboxylic acids is 1. The van der Waals surface area contributed by atoms with E-state index in [1.165, 1.54) is 22.9 Å². The normalized spacial score (nSPS) is 16.2. The number of aryl methyl sites for hydroxylation is 2. The molecule has 1 aliphatic heterocycles. The van der Waals surface area contributed by atoms with Gasteiger partial charge in [0.15, 0.2) is 0 Å². The molecule has 1 unspecified atom stereocenters. The monoisotopic (exact) mass is 587 g/mol. The first-order valence-corrected chi connectivity index (χ1v) is 15.6. The quantitative estimate of drug-likeness (QED) is 0.191. The number of aromatic amines is 2. The van der Waals surface area contributed by atoms with Crippen molar-refractivity contribution in [3.05, 3.63) is 76.5 Å². The number of hydrogen-bond donors (Lipinski definition) is 3. The Balaban J connectivity index is 1.23. The van der Waals surface area contributed by atoms with Crippen LogP contribution in [-0.2, 0) is 17.6 Å². The van der Waals surface area contributed by atoms with Gasteiger partial charge in [-0.3, -0.25) is 14.8 Å². The Labute approximate surface area is 256 Å². The second-order valence-corrected chi connectivity index (χ2v) is 11.8. The van der Waals surface area contributed by atoms with E-state index in [1.54, 1.807) is 6.20 Å². The standard InChI is InChI=1S/C35H37N7O2/c1-22-21-36-34(37-22)23(2)38-35(43)25-12-10-24(11-13-25)33-27-8-5-3-4-7-26(27)31-28(39-33)14-15-30-32(31)29(40-41-30)9-6-16-42-17-19-44-20-18-42/h10-15,21,23H,3-5,7-8,16-20H2,1-2H3,(H,36,37)(H,38,43)(H,40,41). The second-order valence-electron chi connectivity index (χ2n) is 11.8. The highest BCUT2D eigenvalue weighted by molar-refractivity contribution is 6.10. The zero-order chi connectivity index (χ0) is 30.0. The van der Waals surface area contributed by atoms with Crippen LogP contribution in [0, 0.1) is 18.8 Å². The van der Waals surface area contributed by atoms with E-state index in [2.05, 4.69) is 48.3 Å². The summed E-state index contributed by atoms with van der Waals surface area (Å²) < 4.78 is 5.47. The molecule has 9 nitrogen and oxygen atoms in total. The molecule has 3 aromatic heterocycles. The van der Waals surface area contributed by atoms with Gasteiger partial charge in [0, 0.05) is 46.9 Å². The molecule has 5 aromatic rings. The Morgan fingerprint density at radius 3 is 2.57 bits per heavy atom. The lowest BCUT2D eigenvalue weighted by Crippen LogP contribution is -2.36. The van der Waals surface area contributed by atoms with Crippen LogP contribution in [0.5, 0.6) is 0 Å². The van der Waals surface area contributed by atoms with Gasteiger partial charge in [0.2, 0.25) is 0 Å². The molecule has 1 saturated heterocycles. The van der Waals surface area contributed by atoms with Crippen molar-refractivity contribution in [2.75, 3.05) is 32.8 Å². The Hall–Kier alpha value is -4.52. The van der Waals surface area contributed by atoms with Gasteiger partial charge in [-0.25, -0.2) is 9.97 Å². The number of amides is 1. The molecular weight excluding hydrogens is 550 g/mol. The highest BCUT2D eigenvalue weighted by atomic mass is 16.5. The number of nitrogens with zero attached hydrogens (tertiary/aromatic N) is 4. The Bertz CT molecular complexity index is 1890. The lowest BCUT2D eigenvalue weighted by atomic mass is 9.91. The first-order valence-electron chi connectivity index (χ1n) is 15.6. The number of carbonyl (C=O) groups is 1. The van der Waals surface area contributed by atoms with E-state index in [1.807, 2.05) is 44.2 Å². The molecule has 3 N–H and O–H groups in total. The lowest BCUT2D eigenvalue weighted by Gasteiger charge is -2.24. The average molecular weight is 588 g/mol. The van der Waals surface area contributed by atoms with Gasteiger partial charge in [0.1, 0.15) is 11.5 Å². The molecule has 1 atom stereocenters. The SMILES string of the molecule is Cc1cnc(C(C)NC(=O)c2ccc(-c3nc4ccc5n[nH]c(C#CCN6CCOCC6)c5c4c4c3CCCCC4)cc2)[nH]1. The highest BCUT2D eigenvalue weighted by Crippen LogP contribution is 2.38. The summed E-state index contributed by atoms with van der Waals surface area (Å²) in [5, 5.41) is 13.1. The first kappa shape index (κ1) is 28.3. The molecule has 0 bridgehead atoms. The van der Waals surface area contributed by atoms with Crippen molar-refractivity contribution in [1.29, 1.82) is 0 Å². The summed E-state index contributed by atoms with van der Waals surface area (Å²) in [6.45, 7) is 7.94. The van der Waals surface area contributed by atoms with Crippen LogP contribution in [0.4, 0.5) is 0 Å². The smallest absolute Gasteiger partial charge is 0.251 e. The second kappa shape index (κ2) is 12.2. The van der Waals surface area contributed by atoms with Gasteiger partial charge in [-0.1, -0.05) is 24.5 Å². The van der Waals surface area contributed by atoms with E-state index in [4.69, 9.17) is 9.72 Å². The van der Waals surface area contributed by atoms with Gasteiger partial charge < -0.3 is 15.0 Å².